The summed E-state index contributed by atoms with van der Waals surface area (Å²) >= 11 is 0. The van der Waals surface area contributed by atoms with E-state index in [0.717, 1.165) is 22.5 Å². The van der Waals surface area contributed by atoms with Crippen molar-refractivity contribution in [3.63, 3.8) is 0 Å². The summed E-state index contributed by atoms with van der Waals surface area (Å²) in [4.78, 5) is 39.7. The van der Waals surface area contributed by atoms with Gasteiger partial charge >= 0.3 is 0 Å². The maximum Gasteiger partial charge on any atom is 0.244 e. The van der Waals surface area contributed by atoms with E-state index >= 15 is 0 Å². The van der Waals surface area contributed by atoms with Gasteiger partial charge in [-0.2, -0.15) is 0 Å². The van der Waals surface area contributed by atoms with Gasteiger partial charge in [-0.25, -0.2) is 8.42 Å². The molecule has 196 valence electrons. The Bertz CT molecular complexity index is 1200. The smallest absolute Gasteiger partial charge is 0.244 e. The number of hydrogen-bond acceptors (Lipinski definition) is 6. The van der Waals surface area contributed by atoms with Crippen molar-refractivity contribution in [1.29, 1.82) is 0 Å². The van der Waals surface area contributed by atoms with Crippen molar-refractivity contribution < 1.29 is 27.5 Å². The molecule has 2 atom stereocenters. The summed E-state index contributed by atoms with van der Waals surface area (Å²) in [5.41, 5.74) is 1.23. The molecule has 0 aromatic heterocycles. The Morgan fingerprint density at radius 3 is 2.31 bits per heavy atom. The van der Waals surface area contributed by atoms with E-state index in [1.54, 1.807) is 43.3 Å². The number of carbonyl (C=O) groups excluding carboxylic acids is 3. The predicted molar refractivity (Wildman–Crippen MR) is 140 cm³/mol. The lowest BCUT2D eigenvalue weighted by Crippen LogP contribution is -2.52. The van der Waals surface area contributed by atoms with Crippen LogP contribution in [0.2, 0.25) is 0 Å². The first-order valence-corrected chi connectivity index (χ1v) is 13.5. The molecular weight excluding hydrogens is 482 g/mol. The topological polar surface area (TPSA) is 113 Å². The number of ether oxygens (including phenoxy) is 1. The molecule has 2 amide bonds. The molecule has 36 heavy (non-hydrogen) atoms. The summed E-state index contributed by atoms with van der Waals surface area (Å²) in [6.07, 6.45) is 1.71. The van der Waals surface area contributed by atoms with Crippen LogP contribution in [-0.4, -0.2) is 62.9 Å². The lowest BCUT2D eigenvalue weighted by Gasteiger charge is -2.32. The highest BCUT2D eigenvalue weighted by molar-refractivity contribution is 7.92. The van der Waals surface area contributed by atoms with Crippen molar-refractivity contribution in [2.24, 2.45) is 0 Å². The number of nitrogens with one attached hydrogen (secondary N) is 1. The van der Waals surface area contributed by atoms with Gasteiger partial charge in [0.2, 0.25) is 21.8 Å². The number of nitrogens with zero attached hydrogens (tertiary/aromatic N) is 2. The lowest BCUT2D eigenvalue weighted by molar-refractivity contribution is -0.139. The zero-order valence-corrected chi connectivity index (χ0v) is 22.5. The molecule has 2 aromatic rings. The van der Waals surface area contributed by atoms with Crippen LogP contribution in [0.25, 0.3) is 0 Å². The molecule has 0 saturated carbocycles. The molecule has 0 spiro atoms. The average molecular weight is 518 g/mol. The van der Waals surface area contributed by atoms with E-state index in [4.69, 9.17) is 4.74 Å². The highest BCUT2D eigenvalue weighted by atomic mass is 32.2. The van der Waals surface area contributed by atoms with Gasteiger partial charge in [0.1, 0.15) is 18.3 Å². The van der Waals surface area contributed by atoms with E-state index in [-0.39, 0.29) is 30.0 Å². The molecule has 0 radical (unpaired) electrons. The number of rotatable bonds is 12. The fraction of sp³-hybridized carbons (Fsp3) is 0.423. The van der Waals surface area contributed by atoms with Crippen molar-refractivity contribution in [1.82, 2.24) is 10.2 Å². The Balaban J connectivity index is 2.44. The van der Waals surface area contributed by atoms with Gasteiger partial charge in [0, 0.05) is 18.2 Å². The van der Waals surface area contributed by atoms with Crippen LogP contribution in [0.1, 0.15) is 50.0 Å². The minimum absolute atomic E-state index is 0.0657. The summed E-state index contributed by atoms with van der Waals surface area (Å²) in [5.74, 6) is -0.546. The molecule has 0 heterocycles. The normalized spacial score (nSPS) is 12.8. The number of benzene rings is 2. The first-order chi connectivity index (χ1) is 16.9. The standard InChI is InChI=1S/C26H35N3O6S/c1-7-18(2)27-26(32)19(3)28(16-21-10-8-13-24(14-21)35-5)25(31)17-29(36(6,33)34)23-12-9-11-22(15-23)20(4)30/h8-15,18-19H,7,16-17H2,1-6H3,(H,27,32)/t18-,19-/m0/s1. The first kappa shape index (κ1) is 28.8. The number of amides is 2. The van der Waals surface area contributed by atoms with Crippen LogP contribution in [0.15, 0.2) is 48.5 Å². The van der Waals surface area contributed by atoms with Crippen molar-refractivity contribution in [3.05, 3.63) is 59.7 Å². The largest absolute Gasteiger partial charge is 0.497 e. The Hall–Kier alpha value is -3.40. The van der Waals surface area contributed by atoms with Crippen molar-refractivity contribution in [3.8, 4) is 5.75 Å². The van der Waals surface area contributed by atoms with E-state index in [1.165, 1.54) is 31.1 Å². The van der Waals surface area contributed by atoms with E-state index in [0.29, 0.717) is 11.3 Å². The number of anilines is 1. The predicted octanol–water partition coefficient (Wildman–Crippen LogP) is 3.00. The Morgan fingerprint density at radius 2 is 1.72 bits per heavy atom. The maximum atomic E-state index is 13.6. The lowest BCUT2D eigenvalue weighted by atomic mass is 10.1. The zero-order valence-electron chi connectivity index (χ0n) is 21.6. The Labute approximate surface area is 213 Å². The Morgan fingerprint density at radius 1 is 1.06 bits per heavy atom. The number of hydrogen-bond donors (Lipinski definition) is 1. The number of ketones is 1. The highest BCUT2D eigenvalue weighted by Gasteiger charge is 2.30. The van der Waals surface area contributed by atoms with Gasteiger partial charge in [0.25, 0.3) is 0 Å². The van der Waals surface area contributed by atoms with Crippen LogP contribution in [0.5, 0.6) is 5.75 Å². The minimum atomic E-state index is -3.89. The van der Waals surface area contributed by atoms with Crippen LogP contribution in [0.4, 0.5) is 5.69 Å². The fourth-order valence-corrected chi connectivity index (χ4v) is 4.35. The number of sulfonamides is 1. The average Bonchev–Trinajstić information content (AvgIpc) is 2.84. The summed E-state index contributed by atoms with van der Waals surface area (Å²) in [5, 5.41) is 2.88. The van der Waals surface area contributed by atoms with Crippen LogP contribution in [0, 0.1) is 0 Å². The van der Waals surface area contributed by atoms with Crippen molar-refractivity contribution in [2.45, 2.75) is 52.7 Å². The van der Waals surface area contributed by atoms with Crippen LogP contribution in [0.3, 0.4) is 0 Å². The number of Topliss-reactive ketones (excluding diaryl/α,β-unsaturated/α-hetero) is 1. The van der Waals surface area contributed by atoms with E-state index < -0.39 is 28.5 Å². The summed E-state index contributed by atoms with van der Waals surface area (Å²) in [7, 11) is -2.36. The molecule has 0 fully saturated rings. The molecule has 9 nitrogen and oxygen atoms in total. The minimum Gasteiger partial charge on any atom is -0.497 e. The molecule has 0 unspecified atom stereocenters. The molecule has 0 aliphatic heterocycles. The zero-order chi connectivity index (χ0) is 27.0. The van der Waals surface area contributed by atoms with Gasteiger partial charge in [-0.15, -0.1) is 0 Å². The quantitative estimate of drug-likeness (QED) is 0.433. The molecule has 0 aliphatic rings. The summed E-state index contributed by atoms with van der Waals surface area (Å²) < 4.78 is 31.6. The summed E-state index contributed by atoms with van der Waals surface area (Å²) in [6.45, 7) is 6.32. The number of carbonyl (C=O) groups is 3. The molecule has 0 aliphatic carbocycles. The molecule has 2 aromatic carbocycles. The van der Waals surface area contributed by atoms with Crippen LogP contribution in [-0.2, 0) is 26.2 Å². The first-order valence-electron chi connectivity index (χ1n) is 11.7. The molecule has 0 saturated heterocycles. The Kier molecular flexibility index (Phi) is 10.0. The molecule has 2 rings (SSSR count). The van der Waals surface area contributed by atoms with Crippen molar-refractivity contribution >= 4 is 33.3 Å². The van der Waals surface area contributed by atoms with Gasteiger partial charge in [-0.05, 0) is 57.0 Å². The SMILES string of the molecule is CC[C@H](C)NC(=O)[C@H](C)N(Cc1cccc(OC)c1)C(=O)CN(c1cccc(C(C)=O)c1)S(C)(=O)=O. The van der Waals surface area contributed by atoms with Crippen LogP contribution < -0.4 is 14.4 Å². The highest BCUT2D eigenvalue weighted by Crippen LogP contribution is 2.21. The van der Waals surface area contributed by atoms with Crippen LogP contribution >= 0.6 is 0 Å². The fourth-order valence-electron chi connectivity index (χ4n) is 3.51. The van der Waals surface area contributed by atoms with Gasteiger partial charge in [0.05, 0.1) is 19.1 Å². The van der Waals surface area contributed by atoms with Gasteiger partial charge in [0.15, 0.2) is 5.78 Å². The second-order valence-electron chi connectivity index (χ2n) is 8.74. The second-order valence-corrected chi connectivity index (χ2v) is 10.6. The van der Waals surface area contributed by atoms with Gasteiger partial charge in [-0.1, -0.05) is 31.2 Å². The van der Waals surface area contributed by atoms with E-state index in [1.807, 2.05) is 13.8 Å². The van der Waals surface area contributed by atoms with Gasteiger partial charge < -0.3 is 15.0 Å². The van der Waals surface area contributed by atoms with E-state index in [2.05, 4.69) is 5.32 Å². The maximum absolute atomic E-state index is 13.6. The summed E-state index contributed by atoms with van der Waals surface area (Å²) in [6, 6.07) is 12.2. The third-order valence-electron chi connectivity index (χ3n) is 5.88. The second kappa shape index (κ2) is 12.5. The third-order valence-corrected chi connectivity index (χ3v) is 7.02. The van der Waals surface area contributed by atoms with Gasteiger partial charge in [-0.3, -0.25) is 18.7 Å². The monoisotopic (exact) mass is 517 g/mol. The molecule has 10 heteroatoms. The molecular formula is C26H35N3O6S. The van der Waals surface area contributed by atoms with E-state index in [9.17, 15) is 22.8 Å². The number of methoxy groups -OCH3 is 1. The molecule has 1 N–H and O–H groups in total. The van der Waals surface area contributed by atoms with Crippen molar-refractivity contribution in [2.75, 3.05) is 24.2 Å². The molecule has 0 bridgehead atoms. The third kappa shape index (κ3) is 7.81.